The van der Waals surface area contributed by atoms with Crippen molar-refractivity contribution in [3.8, 4) is 0 Å². The van der Waals surface area contributed by atoms with E-state index in [2.05, 4.69) is 0 Å². The SMILES string of the molecule is CC1CC(c2ccc(Cl)cc2)CCN1C(=O)O. The number of carbonyl (C=O) groups is 1. The maximum absolute atomic E-state index is 11.0. The average Bonchev–Trinajstić information content (AvgIpc) is 2.29. The molecule has 2 rings (SSSR count). The summed E-state index contributed by atoms with van der Waals surface area (Å²) in [7, 11) is 0. The van der Waals surface area contributed by atoms with Gasteiger partial charge >= 0.3 is 6.09 Å². The van der Waals surface area contributed by atoms with Crippen LogP contribution in [0.25, 0.3) is 0 Å². The van der Waals surface area contributed by atoms with Gasteiger partial charge < -0.3 is 10.0 Å². The summed E-state index contributed by atoms with van der Waals surface area (Å²) in [6.45, 7) is 2.58. The Hall–Kier alpha value is -1.22. The number of nitrogens with zero attached hydrogens (tertiary/aromatic N) is 1. The van der Waals surface area contributed by atoms with Crippen molar-refractivity contribution in [3.63, 3.8) is 0 Å². The van der Waals surface area contributed by atoms with Crippen molar-refractivity contribution in [2.45, 2.75) is 31.7 Å². The van der Waals surface area contributed by atoms with Gasteiger partial charge in [-0.3, -0.25) is 0 Å². The molecule has 2 unspecified atom stereocenters. The van der Waals surface area contributed by atoms with Crippen LogP contribution in [-0.4, -0.2) is 28.7 Å². The lowest BCUT2D eigenvalue weighted by Crippen LogP contribution is -2.43. The lowest BCUT2D eigenvalue weighted by molar-refractivity contribution is 0.107. The normalized spacial score (nSPS) is 24.7. The minimum absolute atomic E-state index is 0.0851. The van der Waals surface area contributed by atoms with Gasteiger partial charge in [-0.2, -0.15) is 0 Å². The van der Waals surface area contributed by atoms with Gasteiger partial charge in [0.15, 0.2) is 0 Å². The van der Waals surface area contributed by atoms with E-state index >= 15 is 0 Å². The molecule has 0 bridgehead atoms. The monoisotopic (exact) mass is 253 g/mol. The molecule has 0 aliphatic carbocycles. The fourth-order valence-corrected chi connectivity index (χ4v) is 2.62. The summed E-state index contributed by atoms with van der Waals surface area (Å²) in [5.74, 6) is 0.442. The summed E-state index contributed by atoms with van der Waals surface area (Å²) in [5.41, 5.74) is 1.26. The van der Waals surface area contributed by atoms with E-state index in [1.807, 2.05) is 31.2 Å². The molecule has 1 aliphatic rings. The number of rotatable bonds is 1. The summed E-state index contributed by atoms with van der Waals surface area (Å²) in [6.07, 6.45) is 0.957. The standard InChI is InChI=1S/C13H16ClNO2/c1-9-8-11(6-7-15(9)13(16)17)10-2-4-12(14)5-3-10/h2-5,9,11H,6-8H2,1H3,(H,16,17). The van der Waals surface area contributed by atoms with E-state index in [0.29, 0.717) is 12.5 Å². The Morgan fingerprint density at radius 2 is 2.06 bits per heavy atom. The highest BCUT2D eigenvalue weighted by Crippen LogP contribution is 2.31. The largest absolute Gasteiger partial charge is 0.465 e. The molecule has 0 aromatic heterocycles. The molecule has 1 heterocycles. The lowest BCUT2D eigenvalue weighted by atomic mass is 9.86. The van der Waals surface area contributed by atoms with Crippen LogP contribution in [0, 0.1) is 0 Å². The van der Waals surface area contributed by atoms with Crippen LogP contribution in [0.5, 0.6) is 0 Å². The van der Waals surface area contributed by atoms with E-state index in [4.69, 9.17) is 16.7 Å². The molecule has 3 nitrogen and oxygen atoms in total. The van der Waals surface area contributed by atoms with E-state index in [9.17, 15) is 4.79 Å². The molecule has 1 aromatic rings. The van der Waals surface area contributed by atoms with Crippen LogP contribution in [0.3, 0.4) is 0 Å². The molecular formula is C13H16ClNO2. The van der Waals surface area contributed by atoms with Crippen molar-refractivity contribution in [1.82, 2.24) is 4.90 Å². The van der Waals surface area contributed by atoms with Crippen LogP contribution in [0.2, 0.25) is 5.02 Å². The molecule has 2 atom stereocenters. The van der Waals surface area contributed by atoms with Crippen molar-refractivity contribution in [2.75, 3.05) is 6.54 Å². The van der Waals surface area contributed by atoms with Gasteiger partial charge in [0.1, 0.15) is 0 Å². The smallest absolute Gasteiger partial charge is 0.407 e. The zero-order valence-corrected chi connectivity index (χ0v) is 10.5. The molecule has 0 saturated carbocycles. The van der Waals surface area contributed by atoms with E-state index in [0.717, 1.165) is 17.9 Å². The number of halogens is 1. The maximum Gasteiger partial charge on any atom is 0.407 e. The Bertz CT molecular complexity index is 404. The van der Waals surface area contributed by atoms with Gasteiger partial charge in [0.05, 0.1) is 0 Å². The molecular weight excluding hydrogens is 238 g/mol. The van der Waals surface area contributed by atoms with Gasteiger partial charge in [-0.05, 0) is 43.4 Å². The van der Waals surface area contributed by atoms with Crippen LogP contribution >= 0.6 is 11.6 Å². The van der Waals surface area contributed by atoms with E-state index in [1.54, 1.807) is 0 Å². The third-order valence-corrected chi connectivity index (χ3v) is 3.72. The quantitative estimate of drug-likeness (QED) is 0.831. The molecule has 0 spiro atoms. The Labute approximate surface area is 106 Å². The number of likely N-dealkylation sites (tertiary alicyclic amines) is 1. The number of piperidine rings is 1. The van der Waals surface area contributed by atoms with Crippen molar-refractivity contribution in [3.05, 3.63) is 34.9 Å². The van der Waals surface area contributed by atoms with Crippen molar-refractivity contribution in [1.29, 1.82) is 0 Å². The molecule has 4 heteroatoms. The molecule has 17 heavy (non-hydrogen) atoms. The lowest BCUT2D eigenvalue weighted by Gasteiger charge is -2.36. The van der Waals surface area contributed by atoms with Crippen molar-refractivity contribution >= 4 is 17.7 Å². The van der Waals surface area contributed by atoms with Gasteiger partial charge in [-0.15, -0.1) is 0 Å². The topological polar surface area (TPSA) is 40.5 Å². The van der Waals surface area contributed by atoms with Crippen molar-refractivity contribution < 1.29 is 9.90 Å². The zero-order valence-electron chi connectivity index (χ0n) is 9.77. The first kappa shape index (κ1) is 12.2. The summed E-state index contributed by atoms with van der Waals surface area (Å²) in [6, 6.07) is 7.95. The fraction of sp³-hybridized carbons (Fsp3) is 0.462. The molecule has 1 fully saturated rings. The first-order valence-corrected chi connectivity index (χ1v) is 6.20. The first-order chi connectivity index (χ1) is 8.08. The van der Waals surface area contributed by atoms with Crippen molar-refractivity contribution in [2.24, 2.45) is 0 Å². The minimum atomic E-state index is -0.813. The average molecular weight is 254 g/mol. The molecule has 92 valence electrons. The molecule has 1 N–H and O–H groups in total. The second-order valence-corrected chi connectivity index (χ2v) is 5.03. The van der Waals surface area contributed by atoms with Gasteiger partial charge in [-0.1, -0.05) is 23.7 Å². The summed E-state index contributed by atoms with van der Waals surface area (Å²) in [4.78, 5) is 12.5. The van der Waals surface area contributed by atoms with Crippen LogP contribution in [0.1, 0.15) is 31.2 Å². The number of carboxylic acid groups (broad SMARTS) is 1. The minimum Gasteiger partial charge on any atom is -0.465 e. The van der Waals surface area contributed by atoms with Gasteiger partial charge in [0, 0.05) is 17.6 Å². The Morgan fingerprint density at radius 3 is 2.59 bits per heavy atom. The zero-order chi connectivity index (χ0) is 12.4. The van der Waals surface area contributed by atoms with Crippen LogP contribution in [-0.2, 0) is 0 Å². The van der Waals surface area contributed by atoms with Gasteiger partial charge in [-0.25, -0.2) is 4.79 Å². The molecule has 0 radical (unpaired) electrons. The number of hydrogen-bond donors (Lipinski definition) is 1. The Kier molecular flexibility index (Phi) is 3.57. The highest BCUT2D eigenvalue weighted by atomic mass is 35.5. The third kappa shape index (κ3) is 2.72. The predicted molar refractivity (Wildman–Crippen MR) is 67.6 cm³/mol. The second-order valence-electron chi connectivity index (χ2n) is 4.60. The highest BCUT2D eigenvalue weighted by molar-refractivity contribution is 6.30. The number of amides is 1. The first-order valence-electron chi connectivity index (χ1n) is 5.83. The summed E-state index contributed by atoms with van der Waals surface area (Å²) in [5, 5.41) is 9.75. The van der Waals surface area contributed by atoms with E-state index < -0.39 is 6.09 Å². The Morgan fingerprint density at radius 1 is 1.41 bits per heavy atom. The third-order valence-electron chi connectivity index (χ3n) is 3.46. The number of benzene rings is 1. The predicted octanol–water partition coefficient (Wildman–Crippen LogP) is 3.59. The van der Waals surface area contributed by atoms with Crippen LogP contribution in [0.4, 0.5) is 4.79 Å². The Balaban J connectivity index is 2.06. The second kappa shape index (κ2) is 4.96. The molecule has 1 amide bonds. The van der Waals surface area contributed by atoms with Gasteiger partial charge in [0.2, 0.25) is 0 Å². The molecule has 1 aromatic carbocycles. The molecule has 1 saturated heterocycles. The summed E-state index contributed by atoms with van der Waals surface area (Å²) < 4.78 is 0. The number of hydrogen-bond acceptors (Lipinski definition) is 1. The van der Waals surface area contributed by atoms with E-state index in [1.165, 1.54) is 10.5 Å². The molecule has 1 aliphatic heterocycles. The maximum atomic E-state index is 11.0. The summed E-state index contributed by atoms with van der Waals surface area (Å²) >= 11 is 5.86. The highest BCUT2D eigenvalue weighted by Gasteiger charge is 2.29. The van der Waals surface area contributed by atoms with Gasteiger partial charge in [0.25, 0.3) is 0 Å². The van der Waals surface area contributed by atoms with Crippen LogP contribution in [0.15, 0.2) is 24.3 Å². The van der Waals surface area contributed by atoms with Crippen LogP contribution < -0.4 is 0 Å². The fourth-order valence-electron chi connectivity index (χ4n) is 2.49. The van der Waals surface area contributed by atoms with E-state index in [-0.39, 0.29) is 6.04 Å².